The molecule has 1 amide bonds. The van der Waals surface area contributed by atoms with E-state index in [1.54, 1.807) is 0 Å². The van der Waals surface area contributed by atoms with Crippen molar-refractivity contribution < 1.29 is 22.7 Å². The van der Waals surface area contributed by atoms with Gasteiger partial charge in [-0.2, -0.15) is 0 Å². The lowest BCUT2D eigenvalue weighted by atomic mass is 9.97. The number of carbonyl (C=O) groups excluding carboxylic acids is 1. The molecule has 4 rings (SSSR count). The maximum absolute atomic E-state index is 12.8. The maximum atomic E-state index is 12.8. The molecule has 2 aliphatic heterocycles. The number of piperidine rings is 1. The summed E-state index contributed by atoms with van der Waals surface area (Å²) >= 11 is 0. The van der Waals surface area contributed by atoms with Crippen molar-refractivity contribution >= 4 is 15.9 Å². The van der Waals surface area contributed by atoms with Crippen molar-refractivity contribution in [1.82, 2.24) is 9.62 Å². The number of aryl methyl sites for hydroxylation is 1. The summed E-state index contributed by atoms with van der Waals surface area (Å²) in [4.78, 5) is 12.6. The maximum Gasteiger partial charge on any atom is 0.223 e. The van der Waals surface area contributed by atoms with Gasteiger partial charge in [-0.1, -0.05) is 42.0 Å². The van der Waals surface area contributed by atoms with Gasteiger partial charge >= 0.3 is 0 Å². The van der Waals surface area contributed by atoms with Crippen LogP contribution >= 0.6 is 0 Å². The lowest BCUT2D eigenvalue weighted by Gasteiger charge is -2.31. The van der Waals surface area contributed by atoms with Crippen LogP contribution in [0.25, 0.3) is 0 Å². The van der Waals surface area contributed by atoms with Crippen molar-refractivity contribution in [1.29, 1.82) is 0 Å². The van der Waals surface area contributed by atoms with Gasteiger partial charge in [0.05, 0.1) is 12.3 Å². The molecular formula is C23H28N2O5S. The van der Waals surface area contributed by atoms with Crippen LogP contribution < -0.4 is 14.8 Å². The van der Waals surface area contributed by atoms with Gasteiger partial charge in [-0.3, -0.25) is 4.79 Å². The molecule has 166 valence electrons. The Bertz CT molecular complexity index is 1030. The van der Waals surface area contributed by atoms with Crippen molar-refractivity contribution in [2.24, 2.45) is 5.92 Å². The van der Waals surface area contributed by atoms with E-state index < -0.39 is 10.0 Å². The Morgan fingerprint density at radius 1 is 1.10 bits per heavy atom. The molecule has 8 heteroatoms. The van der Waals surface area contributed by atoms with Gasteiger partial charge < -0.3 is 14.8 Å². The van der Waals surface area contributed by atoms with E-state index in [4.69, 9.17) is 9.47 Å². The third-order valence-corrected chi connectivity index (χ3v) is 7.57. The second-order valence-electron chi connectivity index (χ2n) is 8.16. The minimum absolute atomic E-state index is 0.00790. The smallest absolute Gasteiger partial charge is 0.223 e. The first-order valence-electron chi connectivity index (χ1n) is 10.6. The Morgan fingerprint density at radius 3 is 2.58 bits per heavy atom. The standard InChI is InChI=1S/C23H28N2O5S/c1-17-5-4-6-18(13-17)16-31(27,28)25-11-9-19(10-12-25)23(26)24-14-20-15-29-21-7-2-3-8-22(21)30-20/h2-8,13,19-20H,9-12,14-16H2,1H3,(H,24,26)/t20-/m1/s1. The van der Waals surface area contributed by atoms with E-state index in [-0.39, 0.29) is 23.7 Å². The Hall–Kier alpha value is -2.58. The minimum atomic E-state index is -3.39. The van der Waals surface area contributed by atoms with E-state index in [1.807, 2.05) is 55.5 Å². The number of fused-ring (bicyclic) bond motifs is 1. The first-order valence-corrected chi connectivity index (χ1v) is 12.2. The van der Waals surface area contributed by atoms with Gasteiger partial charge in [0.25, 0.3) is 0 Å². The highest BCUT2D eigenvalue weighted by Crippen LogP contribution is 2.30. The number of para-hydroxylation sites is 2. The van der Waals surface area contributed by atoms with E-state index in [1.165, 1.54) is 4.31 Å². The van der Waals surface area contributed by atoms with Crippen LogP contribution in [0.1, 0.15) is 24.0 Å². The van der Waals surface area contributed by atoms with Crippen LogP contribution in [-0.4, -0.2) is 51.0 Å². The lowest BCUT2D eigenvalue weighted by Crippen LogP contribution is -2.46. The average molecular weight is 445 g/mol. The Kier molecular flexibility index (Phi) is 6.48. The molecule has 2 aliphatic rings. The van der Waals surface area contributed by atoms with Crippen molar-refractivity contribution in [3.8, 4) is 11.5 Å². The molecular weight excluding hydrogens is 416 g/mol. The number of benzene rings is 2. The number of amides is 1. The Morgan fingerprint density at radius 2 is 1.84 bits per heavy atom. The summed E-state index contributed by atoms with van der Waals surface area (Å²) in [7, 11) is -3.39. The summed E-state index contributed by atoms with van der Waals surface area (Å²) in [6.45, 7) is 3.42. The second-order valence-corrected chi connectivity index (χ2v) is 10.1. The number of hydrogen-bond donors (Lipinski definition) is 1. The monoisotopic (exact) mass is 444 g/mol. The second kappa shape index (κ2) is 9.28. The van der Waals surface area contributed by atoms with Crippen LogP contribution in [0.4, 0.5) is 0 Å². The molecule has 2 heterocycles. The molecule has 1 atom stereocenters. The van der Waals surface area contributed by atoms with Crippen LogP contribution in [0.2, 0.25) is 0 Å². The molecule has 1 saturated heterocycles. The van der Waals surface area contributed by atoms with Crippen LogP contribution in [0, 0.1) is 12.8 Å². The van der Waals surface area contributed by atoms with Gasteiger partial charge in [0.2, 0.25) is 15.9 Å². The number of sulfonamides is 1. The topological polar surface area (TPSA) is 84.9 Å². The normalized spacial score (nSPS) is 19.7. The fourth-order valence-corrected chi connectivity index (χ4v) is 5.57. The van der Waals surface area contributed by atoms with Crippen LogP contribution in [0.15, 0.2) is 48.5 Å². The number of nitrogens with zero attached hydrogens (tertiary/aromatic N) is 1. The highest BCUT2D eigenvalue weighted by Gasteiger charge is 2.31. The number of carbonyl (C=O) groups is 1. The van der Waals surface area contributed by atoms with Crippen LogP contribution in [0.5, 0.6) is 11.5 Å². The molecule has 0 saturated carbocycles. The highest BCUT2D eigenvalue weighted by molar-refractivity contribution is 7.88. The molecule has 0 aromatic heterocycles. The van der Waals surface area contributed by atoms with Gasteiger partial charge in [0.15, 0.2) is 11.5 Å². The van der Waals surface area contributed by atoms with E-state index in [0.717, 1.165) is 11.1 Å². The highest BCUT2D eigenvalue weighted by atomic mass is 32.2. The van der Waals surface area contributed by atoms with Gasteiger partial charge in [-0.05, 0) is 37.5 Å². The average Bonchev–Trinajstić information content (AvgIpc) is 2.77. The molecule has 0 aliphatic carbocycles. The van der Waals surface area contributed by atoms with Gasteiger partial charge in [-0.15, -0.1) is 0 Å². The molecule has 2 aromatic carbocycles. The molecule has 0 spiro atoms. The van der Waals surface area contributed by atoms with Crippen LogP contribution in [-0.2, 0) is 20.6 Å². The van der Waals surface area contributed by atoms with E-state index in [2.05, 4.69) is 5.32 Å². The molecule has 0 radical (unpaired) electrons. The minimum Gasteiger partial charge on any atom is -0.486 e. The number of rotatable bonds is 6. The summed E-state index contributed by atoms with van der Waals surface area (Å²) in [6, 6.07) is 15.0. The SMILES string of the molecule is Cc1cccc(CS(=O)(=O)N2CCC(C(=O)NC[C@@H]3COc4ccccc4O3)CC2)c1. The van der Waals surface area contributed by atoms with E-state index in [0.29, 0.717) is 50.6 Å². The first kappa shape index (κ1) is 21.6. The summed E-state index contributed by atoms with van der Waals surface area (Å²) < 4.78 is 38.6. The number of ether oxygens (including phenoxy) is 2. The number of nitrogens with one attached hydrogen (secondary N) is 1. The summed E-state index contributed by atoms with van der Waals surface area (Å²) in [5, 5.41) is 2.94. The Labute approximate surface area is 183 Å². The van der Waals surface area contributed by atoms with Crippen LogP contribution in [0.3, 0.4) is 0 Å². The van der Waals surface area contributed by atoms with E-state index >= 15 is 0 Å². The fourth-order valence-electron chi connectivity index (χ4n) is 4.02. The van der Waals surface area contributed by atoms with Gasteiger partial charge in [0.1, 0.15) is 12.7 Å². The molecule has 2 aromatic rings. The van der Waals surface area contributed by atoms with Gasteiger partial charge in [0, 0.05) is 19.0 Å². The summed E-state index contributed by atoms with van der Waals surface area (Å²) in [5.41, 5.74) is 1.83. The molecule has 1 N–H and O–H groups in total. The molecule has 31 heavy (non-hydrogen) atoms. The predicted molar refractivity (Wildman–Crippen MR) is 117 cm³/mol. The van der Waals surface area contributed by atoms with Crippen molar-refractivity contribution in [3.05, 3.63) is 59.7 Å². The lowest BCUT2D eigenvalue weighted by molar-refractivity contribution is -0.126. The third-order valence-electron chi connectivity index (χ3n) is 5.72. The molecule has 1 fully saturated rings. The summed E-state index contributed by atoms with van der Waals surface area (Å²) in [5.74, 6) is 1.14. The van der Waals surface area contributed by atoms with Crippen molar-refractivity contribution in [2.75, 3.05) is 26.2 Å². The fraction of sp³-hybridized carbons (Fsp3) is 0.435. The first-order chi connectivity index (χ1) is 14.9. The molecule has 0 unspecified atom stereocenters. The number of hydrogen-bond acceptors (Lipinski definition) is 5. The van der Waals surface area contributed by atoms with Crippen molar-refractivity contribution in [2.45, 2.75) is 31.6 Å². The summed E-state index contributed by atoms with van der Waals surface area (Å²) in [6.07, 6.45) is 0.793. The Balaban J connectivity index is 1.24. The third kappa shape index (κ3) is 5.37. The zero-order chi connectivity index (χ0) is 21.8. The largest absolute Gasteiger partial charge is 0.486 e. The van der Waals surface area contributed by atoms with E-state index in [9.17, 15) is 13.2 Å². The zero-order valence-electron chi connectivity index (χ0n) is 17.6. The zero-order valence-corrected chi connectivity index (χ0v) is 18.4. The quantitative estimate of drug-likeness (QED) is 0.740. The van der Waals surface area contributed by atoms with Crippen molar-refractivity contribution in [3.63, 3.8) is 0 Å². The van der Waals surface area contributed by atoms with Gasteiger partial charge in [-0.25, -0.2) is 12.7 Å². The predicted octanol–water partition coefficient (Wildman–Crippen LogP) is 2.49. The molecule has 0 bridgehead atoms. The molecule has 7 nitrogen and oxygen atoms in total.